The highest BCUT2D eigenvalue weighted by atomic mass is 16.6. The van der Waals surface area contributed by atoms with E-state index < -0.39 is 0 Å². The molecule has 0 aromatic heterocycles. The lowest BCUT2D eigenvalue weighted by Gasteiger charge is -2.24. The van der Waals surface area contributed by atoms with Gasteiger partial charge in [-0.1, -0.05) is 26.2 Å². The van der Waals surface area contributed by atoms with Crippen LogP contribution in [0.4, 0.5) is 0 Å². The largest absolute Gasteiger partial charge is 0.460 e. The molecule has 0 aromatic rings. The first-order chi connectivity index (χ1) is 9.70. The van der Waals surface area contributed by atoms with Crippen molar-refractivity contribution in [1.29, 1.82) is 0 Å². The molecule has 2 aliphatic rings. The number of hydrogen-bond donors (Lipinski definition) is 1. The normalized spacial score (nSPS) is 32.7. The summed E-state index contributed by atoms with van der Waals surface area (Å²) in [6, 6.07) is 0. The van der Waals surface area contributed by atoms with Gasteiger partial charge in [-0.05, 0) is 38.5 Å². The Morgan fingerprint density at radius 1 is 1.20 bits per heavy atom. The Labute approximate surface area is 121 Å². The van der Waals surface area contributed by atoms with E-state index in [1.54, 1.807) is 0 Å². The van der Waals surface area contributed by atoms with Gasteiger partial charge in [0, 0.05) is 6.42 Å². The fourth-order valence-corrected chi connectivity index (χ4v) is 3.20. The van der Waals surface area contributed by atoms with E-state index in [4.69, 9.17) is 9.47 Å². The lowest BCUT2D eigenvalue weighted by Crippen LogP contribution is -2.33. The van der Waals surface area contributed by atoms with Crippen molar-refractivity contribution in [2.24, 2.45) is 0 Å². The van der Waals surface area contributed by atoms with Crippen LogP contribution in [0.25, 0.3) is 0 Å². The van der Waals surface area contributed by atoms with E-state index in [9.17, 15) is 9.90 Å². The van der Waals surface area contributed by atoms with Crippen molar-refractivity contribution < 1.29 is 19.4 Å². The van der Waals surface area contributed by atoms with Gasteiger partial charge in [0.25, 0.3) is 0 Å². The minimum atomic E-state index is -0.368. The molecule has 0 spiro atoms. The van der Waals surface area contributed by atoms with Gasteiger partial charge in [-0.15, -0.1) is 0 Å². The van der Waals surface area contributed by atoms with Crippen LogP contribution in [0.15, 0.2) is 0 Å². The summed E-state index contributed by atoms with van der Waals surface area (Å²) in [5.74, 6) is -0.0944. The van der Waals surface area contributed by atoms with Gasteiger partial charge in [0.05, 0.1) is 18.3 Å². The van der Waals surface area contributed by atoms with Crippen LogP contribution in [0, 0.1) is 0 Å². The van der Waals surface area contributed by atoms with Gasteiger partial charge in [0.2, 0.25) is 0 Å². The van der Waals surface area contributed by atoms with Crippen LogP contribution in [0.3, 0.4) is 0 Å². The number of unbranched alkanes of at least 4 members (excludes halogenated alkanes) is 2. The molecular formula is C16H28O4. The number of aliphatic hydroxyl groups excluding tert-OH is 1. The van der Waals surface area contributed by atoms with Crippen LogP contribution in [-0.4, -0.2) is 35.5 Å². The Morgan fingerprint density at radius 3 is 2.85 bits per heavy atom. The molecule has 2 heterocycles. The standard InChI is InChI=1S/C16H28O4/c1-2-3-4-7-12(17)13-10-11-15(19-13)14-8-5-6-9-16(18)20-14/h12-15,17H,2-11H2,1H3/t12-,13-,14-,15-/m1/s1. The van der Waals surface area contributed by atoms with Crippen molar-refractivity contribution in [2.45, 2.75) is 95.5 Å². The summed E-state index contributed by atoms with van der Waals surface area (Å²) < 4.78 is 11.4. The van der Waals surface area contributed by atoms with Crippen LogP contribution >= 0.6 is 0 Å². The smallest absolute Gasteiger partial charge is 0.306 e. The summed E-state index contributed by atoms with van der Waals surface area (Å²) in [5, 5.41) is 10.2. The zero-order valence-corrected chi connectivity index (χ0v) is 12.6. The maximum atomic E-state index is 11.5. The van der Waals surface area contributed by atoms with Crippen LogP contribution in [0.1, 0.15) is 71.1 Å². The van der Waals surface area contributed by atoms with E-state index in [0.717, 1.165) is 51.4 Å². The molecule has 0 amide bonds. The Balaban J connectivity index is 1.77. The van der Waals surface area contributed by atoms with Gasteiger partial charge in [0.1, 0.15) is 6.10 Å². The molecule has 2 fully saturated rings. The zero-order valence-electron chi connectivity index (χ0n) is 12.6. The molecule has 20 heavy (non-hydrogen) atoms. The third kappa shape index (κ3) is 4.45. The first-order valence-corrected chi connectivity index (χ1v) is 8.23. The molecule has 2 rings (SSSR count). The van der Waals surface area contributed by atoms with E-state index in [2.05, 4.69) is 6.92 Å². The minimum Gasteiger partial charge on any atom is -0.460 e. The quantitative estimate of drug-likeness (QED) is 0.602. The molecule has 0 radical (unpaired) electrons. The first-order valence-electron chi connectivity index (χ1n) is 8.23. The second-order valence-corrected chi connectivity index (χ2v) is 6.13. The molecule has 1 N–H and O–H groups in total. The minimum absolute atomic E-state index is 0.0112. The summed E-state index contributed by atoms with van der Waals surface area (Å²) in [6.45, 7) is 2.16. The molecule has 0 aliphatic carbocycles. The molecule has 2 saturated heterocycles. The number of cyclic esters (lactones) is 1. The third-order valence-corrected chi connectivity index (χ3v) is 4.43. The maximum Gasteiger partial charge on any atom is 0.306 e. The van der Waals surface area contributed by atoms with Gasteiger partial charge in [-0.2, -0.15) is 0 Å². The molecule has 116 valence electrons. The van der Waals surface area contributed by atoms with Crippen molar-refractivity contribution in [3.63, 3.8) is 0 Å². The van der Waals surface area contributed by atoms with Crippen molar-refractivity contribution in [1.82, 2.24) is 0 Å². The van der Waals surface area contributed by atoms with Gasteiger partial charge >= 0.3 is 5.97 Å². The molecule has 0 saturated carbocycles. The van der Waals surface area contributed by atoms with E-state index in [0.29, 0.717) is 6.42 Å². The summed E-state index contributed by atoms with van der Waals surface area (Å²) >= 11 is 0. The van der Waals surface area contributed by atoms with Crippen LogP contribution in [0.5, 0.6) is 0 Å². The number of ether oxygens (including phenoxy) is 2. The number of hydrogen-bond acceptors (Lipinski definition) is 4. The van der Waals surface area contributed by atoms with Crippen LogP contribution in [-0.2, 0) is 14.3 Å². The second-order valence-electron chi connectivity index (χ2n) is 6.13. The number of esters is 1. The highest BCUT2D eigenvalue weighted by Gasteiger charge is 2.37. The Kier molecular flexibility index (Phi) is 6.30. The highest BCUT2D eigenvalue weighted by Crippen LogP contribution is 2.30. The number of carbonyl (C=O) groups is 1. The number of aliphatic hydroxyl groups is 1. The van der Waals surface area contributed by atoms with Gasteiger partial charge in [0.15, 0.2) is 0 Å². The molecule has 0 aromatic carbocycles. The fourth-order valence-electron chi connectivity index (χ4n) is 3.20. The van der Waals surface area contributed by atoms with Gasteiger partial charge < -0.3 is 14.6 Å². The van der Waals surface area contributed by atoms with Gasteiger partial charge in [-0.3, -0.25) is 4.79 Å². The lowest BCUT2D eigenvalue weighted by molar-refractivity contribution is -0.157. The average molecular weight is 284 g/mol. The Bertz CT molecular complexity index is 305. The highest BCUT2D eigenvalue weighted by molar-refractivity contribution is 5.69. The van der Waals surface area contributed by atoms with E-state index in [-0.39, 0.29) is 30.4 Å². The van der Waals surface area contributed by atoms with Gasteiger partial charge in [-0.25, -0.2) is 0 Å². The van der Waals surface area contributed by atoms with E-state index >= 15 is 0 Å². The Morgan fingerprint density at radius 2 is 2.05 bits per heavy atom. The molecule has 4 heteroatoms. The van der Waals surface area contributed by atoms with Crippen molar-refractivity contribution in [2.75, 3.05) is 0 Å². The van der Waals surface area contributed by atoms with E-state index in [1.807, 2.05) is 0 Å². The predicted octanol–water partition coefficient (Wildman–Crippen LogP) is 2.96. The van der Waals surface area contributed by atoms with Crippen LogP contribution in [0.2, 0.25) is 0 Å². The summed E-state index contributed by atoms with van der Waals surface area (Å²) in [5.41, 5.74) is 0. The fraction of sp³-hybridized carbons (Fsp3) is 0.938. The SMILES string of the molecule is CCCCC[C@@H](O)[C@H]1CC[C@H]([C@H]2CCCCC(=O)O2)O1. The molecule has 4 nitrogen and oxygen atoms in total. The first kappa shape index (κ1) is 15.8. The van der Waals surface area contributed by atoms with Crippen LogP contribution < -0.4 is 0 Å². The average Bonchev–Trinajstić information content (AvgIpc) is 2.83. The Hall–Kier alpha value is -0.610. The maximum absolute atomic E-state index is 11.5. The third-order valence-electron chi connectivity index (χ3n) is 4.43. The molecule has 4 atom stereocenters. The number of rotatable bonds is 6. The van der Waals surface area contributed by atoms with Crippen molar-refractivity contribution >= 4 is 5.97 Å². The zero-order chi connectivity index (χ0) is 14.4. The summed E-state index contributed by atoms with van der Waals surface area (Å²) in [7, 11) is 0. The van der Waals surface area contributed by atoms with E-state index in [1.165, 1.54) is 6.42 Å². The topological polar surface area (TPSA) is 55.8 Å². The monoisotopic (exact) mass is 284 g/mol. The number of carbonyl (C=O) groups excluding carboxylic acids is 1. The molecular weight excluding hydrogens is 256 g/mol. The van der Waals surface area contributed by atoms with Crippen molar-refractivity contribution in [3.05, 3.63) is 0 Å². The predicted molar refractivity (Wildman–Crippen MR) is 76.4 cm³/mol. The molecule has 0 bridgehead atoms. The van der Waals surface area contributed by atoms with Crippen molar-refractivity contribution in [3.8, 4) is 0 Å². The molecule has 0 unspecified atom stereocenters. The second kappa shape index (κ2) is 7.99. The summed E-state index contributed by atoms with van der Waals surface area (Å²) in [4.78, 5) is 11.5. The summed E-state index contributed by atoms with van der Waals surface area (Å²) in [6.07, 6.45) is 8.81. The lowest BCUT2D eigenvalue weighted by atomic mass is 10.0. The molecule has 2 aliphatic heterocycles.